The number of nitrogens with one attached hydrogen (secondary N) is 2. The van der Waals surface area contributed by atoms with Crippen LogP contribution in [0.15, 0.2) is 52.4 Å². The van der Waals surface area contributed by atoms with E-state index in [-0.39, 0.29) is 29.4 Å². The molecule has 0 bridgehead atoms. The second kappa shape index (κ2) is 10.3. The first-order valence-electron chi connectivity index (χ1n) is 9.74. The van der Waals surface area contributed by atoms with Crippen molar-refractivity contribution in [1.82, 2.24) is 10.6 Å². The summed E-state index contributed by atoms with van der Waals surface area (Å²) in [5.74, 6) is 0.732. The van der Waals surface area contributed by atoms with Crippen molar-refractivity contribution in [3.05, 3.63) is 64.2 Å². The molecule has 8 heteroatoms. The van der Waals surface area contributed by atoms with E-state index in [1.807, 2.05) is 31.2 Å². The van der Waals surface area contributed by atoms with E-state index in [1.54, 1.807) is 13.1 Å². The second-order valence-corrected chi connectivity index (χ2v) is 10.2. The van der Waals surface area contributed by atoms with Crippen LogP contribution in [0.25, 0.3) is 0 Å². The molecule has 0 heterocycles. The van der Waals surface area contributed by atoms with Crippen LogP contribution in [0.4, 0.5) is 0 Å². The number of nitrogens with zero attached hydrogens (tertiary/aromatic N) is 1. The number of rotatable bonds is 6. The van der Waals surface area contributed by atoms with E-state index in [2.05, 4.69) is 27.8 Å². The number of guanidine groups is 1. The summed E-state index contributed by atoms with van der Waals surface area (Å²) >= 11 is 6.04. The van der Waals surface area contributed by atoms with Gasteiger partial charge < -0.3 is 10.6 Å². The average Bonchev–Trinajstić information content (AvgIpc) is 2.63. The Morgan fingerprint density at radius 1 is 1.13 bits per heavy atom. The molecule has 30 heavy (non-hydrogen) atoms. The number of benzene rings is 2. The third-order valence-electron chi connectivity index (χ3n) is 5.68. The fourth-order valence-corrected chi connectivity index (χ4v) is 4.96. The highest BCUT2D eigenvalue weighted by Gasteiger charge is 2.38. The van der Waals surface area contributed by atoms with Gasteiger partial charge in [-0.2, -0.15) is 0 Å². The van der Waals surface area contributed by atoms with Crippen LogP contribution in [0, 0.1) is 6.92 Å². The van der Waals surface area contributed by atoms with E-state index in [0.717, 1.165) is 41.5 Å². The number of aliphatic imine (C=N–C) groups is 1. The van der Waals surface area contributed by atoms with Gasteiger partial charge in [-0.05, 0) is 54.7 Å². The molecule has 0 spiro atoms. The first kappa shape index (κ1) is 24.9. The van der Waals surface area contributed by atoms with Gasteiger partial charge in [-0.15, -0.1) is 24.0 Å². The molecule has 0 amide bonds. The number of hydrogen-bond acceptors (Lipinski definition) is 3. The van der Waals surface area contributed by atoms with Crippen molar-refractivity contribution < 1.29 is 8.42 Å². The van der Waals surface area contributed by atoms with E-state index in [1.165, 1.54) is 18.2 Å². The van der Waals surface area contributed by atoms with Crippen molar-refractivity contribution in [2.45, 2.75) is 43.0 Å². The minimum atomic E-state index is -3.20. The predicted octanol–water partition coefficient (Wildman–Crippen LogP) is 4.46. The summed E-state index contributed by atoms with van der Waals surface area (Å²) in [5, 5.41) is 7.53. The van der Waals surface area contributed by atoms with Crippen LogP contribution in [-0.4, -0.2) is 34.2 Å². The Labute approximate surface area is 201 Å². The van der Waals surface area contributed by atoms with Crippen molar-refractivity contribution >= 4 is 51.4 Å². The molecule has 5 nitrogen and oxygen atoms in total. The normalized spacial score (nSPS) is 15.7. The highest BCUT2D eigenvalue weighted by atomic mass is 127. The van der Waals surface area contributed by atoms with Gasteiger partial charge in [-0.25, -0.2) is 8.42 Å². The maximum absolute atomic E-state index is 11.8. The summed E-state index contributed by atoms with van der Waals surface area (Å²) in [7, 11) is -1.45. The minimum absolute atomic E-state index is 0. The molecule has 1 saturated carbocycles. The zero-order valence-corrected chi connectivity index (χ0v) is 21.4. The first-order chi connectivity index (χ1) is 13.7. The van der Waals surface area contributed by atoms with E-state index < -0.39 is 9.84 Å². The van der Waals surface area contributed by atoms with Crippen LogP contribution in [-0.2, 0) is 21.8 Å². The van der Waals surface area contributed by atoms with E-state index >= 15 is 0 Å². The summed E-state index contributed by atoms with van der Waals surface area (Å²) in [4.78, 5) is 4.70. The van der Waals surface area contributed by atoms with Crippen molar-refractivity contribution in [2.75, 3.05) is 19.8 Å². The molecule has 2 aromatic rings. The van der Waals surface area contributed by atoms with Crippen molar-refractivity contribution in [1.29, 1.82) is 0 Å². The molecule has 2 aromatic carbocycles. The molecule has 0 aliphatic heterocycles. The van der Waals surface area contributed by atoms with E-state index in [0.29, 0.717) is 11.4 Å². The van der Waals surface area contributed by atoms with Gasteiger partial charge in [0.05, 0.1) is 4.90 Å². The Morgan fingerprint density at radius 3 is 2.30 bits per heavy atom. The molecule has 1 fully saturated rings. The fraction of sp³-hybridized carbons (Fsp3) is 0.409. The molecule has 1 aliphatic rings. The third kappa shape index (κ3) is 5.88. The third-order valence-corrected chi connectivity index (χ3v) is 7.19. The molecular formula is C22H29ClIN3O2S. The maximum atomic E-state index is 11.8. The predicted molar refractivity (Wildman–Crippen MR) is 135 cm³/mol. The lowest BCUT2D eigenvalue weighted by Crippen LogP contribution is -2.48. The Kier molecular flexibility index (Phi) is 8.59. The summed E-state index contributed by atoms with van der Waals surface area (Å²) in [5.41, 5.74) is 3.19. The second-order valence-electron chi connectivity index (χ2n) is 7.79. The van der Waals surface area contributed by atoms with Gasteiger partial charge >= 0.3 is 0 Å². The number of hydrogen-bond donors (Lipinski definition) is 2. The molecule has 2 N–H and O–H groups in total. The molecule has 0 radical (unpaired) electrons. The number of halogens is 2. The minimum Gasteiger partial charge on any atom is -0.356 e. The summed E-state index contributed by atoms with van der Waals surface area (Å²) in [6, 6.07) is 13.5. The van der Waals surface area contributed by atoms with Crippen LogP contribution in [0.1, 0.15) is 36.0 Å². The van der Waals surface area contributed by atoms with Crippen LogP contribution in [0.3, 0.4) is 0 Å². The zero-order valence-electron chi connectivity index (χ0n) is 17.5. The lowest BCUT2D eigenvalue weighted by molar-refractivity contribution is 0.244. The Balaban J connectivity index is 0.00000320. The standard InChI is InChI=1S/C22H28ClN3O2S.HI/c1-16-13-17(5-10-20(16)29(3,27)28)14-25-21(24-2)26-15-22(11-4-12-22)18-6-8-19(23)9-7-18;/h5-10,13H,4,11-12,14-15H2,1-3H3,(H2,24,25,26);1H. The van der Waals surface area contributed by atoms with E-state index in [4.69, 9.17) is 11.6 Å². The number of aryl methyl sites for hydroxylation is 1. The maximum Gasteiger partial charge on any atom is 0.191 e. The Morgan fingerprint density at radius 2 is 1.80 bits per heavy atom. The smallest absolute Gasteiger partial charge is 0.191 e. The van der Waals surface area contributed by atoms with Gasteiger partial charge in [0.25, 0.3) is 0 Å². The molecular weight excluding hydrogens is 533 g/mol. The molecule has 164 valence electrons. The van der Waals surface area contributed by atoms with Crippen LogP contribution >= 0.6 is 35.6 Å². The van der Waals surface area contributed by atoms with E-state index in [9.17, 15) is 8.42 Å². The van der Waals surface area contributed by atoms with Gasteiger partial charge in [0.2, 0.25) is 0 Å². The summed E-state index contributed by atoms with van der Waals surface area (Å²) in [6.45, 7) is 3.19. The SMILES string of the molecule is CN=C(NCc1ccc(S(C)(=O)=O)c(C)c1)NCC1(c2ccc(Cl)cc2)CCC1.I. The van der Waals surface area contributed by atoms with Crippen LogP contribution in [0.2, 0.25) is 5.02 Å². The molecule has 0 unspecified atom stereocenters. The molecule has 0 aromatic heterocycles. The van der Waals surface area contributed by atoms with Gasteiger partial charge in [0, 0.05) is 36.8 Å². The largest absolute Gasteiger partial charge is 0.356 e. The highest BCUT2D eigenvalue weighted by Crippen LogP contribution is 2.43. The Bertz CT molecular complexity index is 1000. The van der Waals surface area contributed by atoms with Gasteiger partial charge in [-0.3, -0.25) is 4.99 Å². The van der Waals surface area contributed by atoms with Crippen molar-refractivity contribution in [3.8, 4) is 0 Å². The van der Waals surface area contributed by atoms with Crippen LogP contribution < -0.4 is 10.6 Å². The topological polar surface area (TPSA) is 70.6 Å². The number of sulfone groups is 1. The van der Waals surface area contributed by atoms with Crippen LogP contribution in [0.5, 0.6) is 0 Å². The quantitative estimate of drug-likeness (QED) is 0.311. The monoisotopic (exact) mass is 561 g/mol. The van der Waals surface area contributed by atoms with Gasteiger partial charge in [0.15, 0.2) is 15.8 Å². The molecule has 0 saturated heterocycles. The average molecular weight is 562 g/mol. The van der Waals surface area contributed by atoms with Gasteiger partial charge in [0.1, 0.15) is 0 Å². The molecule has 1 aliphatic carbocycles. The van der Waals surface area contributed by atoms with Crippen molar-refractivity contribution in [3.63, 3.8) is 0 Å². The first-order valence-corrected chi connectivity index (χ1v) is 12.0. The lowest BCUT2D eigenvalue weighted by Gasteiger charge is -2.43. The fourth-order valence-electron chi connectivity index (χ4n) is 3.87. The summed E-state index contributed by atoms with van der Waals surface area (Å²) in [6.07, 6.45) is 4.74. The summed E-state index contributed by atoms with van der Waals surface area (Å²) < 4.78 is 23.5. The van der Waals surface area contributed by atoms with Gasteiger partial charge in [-0.1, -0.05) is 42.3 Å². The highest BCUT2D eigenvalue weighted by molar-refractivity contribution is 14.0. The zero-order chi connectivity index (χ0) is 21.1. The molecule has 3 rings (SSSR count). The lowest BCUT2D eigenvalue weighted by atomic mass is 9.64. The van der Waals surface area contributed by atoms with Crippen molar-refractivity contribution in [2.24, 2.45) is 4.99 Å². The Hall–Kier alpha value is -1.32. The molecule has 0 atom stereocenters.